The van der Waals surface area contributed by atoms with Crippen molar-refractivity contribution in [1.29, 1.82) is 0 Å². The Balaban J connectivity index is 1.60. The van der Waals surface area contributed by atoms with Crippen molar-refractivity contribution in [2.75, 3.05) is 38.3 Å². The zero-order chi connectivity index (χ0) is 14.7. The lowest BCUT2D eigenvalue weighted by Gasteiger charge is -2.25. The van der Waals surface area contributed by atoms with Gasteiger partial charge in [-0.1, -0.05) is 6.07 Å². The summed E-state index contributed by atoms with van der Waals surface area (Å²) in [5.41, 5.74) is 1.82. The van der Waals surface area contributed by atoms with Gasteiger partial charge in [0.15, 0.2) is 6.61 Å². The fourth-order valence-electron chi connectivity index (χ4n) is 2.45. The molecule has 2 N–H and O–H groups in total. The summed E-state index contributed by atoms with van der Waals surface area (Å²) in [6, 6.07) is 6.00. The van der Waals surface area contributed by atoms with Gasteiger partial charge >= 0.3 is 0 Å². The number of nitrogens with one attached hydrogen (secondary N) is 2. The first kappa shape index (κ1) is 14.3. The van der Waals surface area contributed by atoms with Crippen molar-refractivity contribution >= 4 is 11.6 Å². The van der Waals surface area contributed by atoms with Gasteiger partial charge in [-0.15, -0.1) is 0 Å². The van der Waals surface area contributed by atoms with Crippen molar-refractivity contribution in [2.45, 2.75) is 19.1 Å². The lowest BCUT2D eigenvalue weighted by molar-refractivity contribution is -0.118. The number of benzene rings is 1. The molecule has 1 amide bonds. The van der Waals surface area contributed by atoms with Gasteiger partial charge in [0, 0.05) is 12.6 Å². The number of ether oxygens (including phenoxy) is 3. The van der Waals surface area contributed by atoms with Crippen LogP contribution in [0.15, 0.2) is 18.2 Å². The molecule has 1 saturated heterocycles. The van der Waals surface area contributed by atoms with Gasteiger partial charge in [0.25, 0.3) is 5.91 Å². The molecule has 1 fully saturated rings. The van der Waals surface area contributed by atoms with Crippen LogP contribution in [-0.2, 0) is 14.3 Å². The van der Waals surface area contributed by atoms with Crippen LogP contribution in [0, 0.1) is 0 Å². The molecule has 2 aliphatic heterocycles. The molecule has 0 bridgehead atoms. The minimum absolute atomic E-state index is 0.0825. The van der Waals surface area contributed by atoms with Crippen molar-refractivity contribution in [3.05, 3.63) is 23.8 Å². The van der Waals surface area contributed by atoms with Gasteiger partial charge < -0.3 is 24.8 Å². The Kier molecular flexibility index (Phi) is 4.38. The lowest BCUT2D eigenvalue weighted by atomic mass is 10.1. The van der Waals surface area contributed by atoms with E-state index in [1.165, 1.54) is 0 Å². The highest BCUT2D eigenvalue weighted by atomic mass is 16.6. The highest BCUT2D eigenvalue weighted by Gasteiger charge is 2.19. The number of hydrogen-bond acceptors (Lipinski definition) is 5. The van der Waals surface area contributed by atoms with Crippen molar-refractivity contribution in [3.8, 4) is 5.75 Å². The van der Waals surface area contributed by atoms with E-state index in [1.54, 1.807) is 0 Å². The maximum absolute atomic E-state index is 11.4. The summed E-state index contributed by atoms with van der Waals surface area (Å²) in [6.45, 7) is 4.87. The van der Waals surface area contributed by atoms with E-state index in [1.807, 2.05) is 18.2 Å². The molecule has 3 rings (SSSR count). The van der Waals surface area contributed by atoms with Crippen LogP contribution in [0.25, 0.3) is 0 Å². The summed E-state index contributed by atoms with van der Waals surface area (Å²) in [5.74, 6) is 0.600. The van der Waals surface area contributed by atoms with Gasteiger partial charge in [0.2, 0.25) is 0 Å². The Morgan fingerprint density at radius 1 is 1.43 bits per heavy atom. The normalized spacial score (nSPS) is 22.9. The molecule has 21 heavy (non-hydrogen) atoms. The first-order valence-electron chi connectivity index (χ1n) is 7.21. The SMILES string of the molecule is CC(NCC1COCCO1)c1ccc2c(c1)NC(=O)CO2. The van der Waals surface area contributed by atoms with E-state index in [0.29, 0.717) is 19.8 Å². The zero-order valence-corrected chi connectivity index (χ0v) is 12.1. The molecule has 0 aromatic heterocycles. The molecule has 2 aliphatic rings. The molecule has 114 valence electrons. The van der Waals surface area contributed by atoms with Crippen LogP contribution in [0.1, 0.15) is 18.5 Å². The van der Waals surface area contributed by atoms with Gasteiger partial charge in [-0.25, -0.2) is 0 Å². The molecule has 1 aromatic carbocycles. The number of carbonyl (C=O) groups is 1. The van der Waals surface area contributed by atoms with Crippen LogP contribution < -0.4 is 15.4 Å². The molecular weight excluding hydrogens is 272 g/mol. The van der Waals surface area contributed by atoms with Gasteiger partial charge in [-0.05, 0) is 24.6 Å². The summed E-state index contributed by atoms with van der Waals surface area (Å²) in [7, 11) is 0. The third kappa shape index (κ3) is 3.53. The maximum atomic E-state index is 11.4. The van der Waals surface area contributed by atoms with Gasteiger partial charge in [-0.3, -0.25) is 4.79 Å². The van der Waals surface area contributed by atoms with Gasteiger partial charge in [0.1, 0.15) is 5.75 Å². The predicted molar refractivity (Wildman–Crippen MR) is 77.5 cm³/mol. The average Bonchev–Trinajstić information content (AvgIpc) is 2.53. The van der Waals surface area contributed by atoms with Crippen molar-refractivity contribution in [2.24, 2.45) is 0 Å². The molecule has 2 heterocycles. The van der Waals surface area contributed by atoms with E-state index in [4.69, 9.17) is 14.2 Å². The largest absolute Gasteiger partial charge is 0.482 e. The molecule has 1 aromatic rings. The smallest absolute Gasteiger partial charge is 0.262 e. The molecule has 6 nitrogen and oxygen atoms in total. The molecule has 0 aliphatic carbocycles. The van der Waals surface area contributed by atoms with Crippen LogP contribution in [0.2, 0.25) is 0 Å². The second-order valence-corrected chi connectivity index (χ2v) is 5.29. The highest BCUT2D eigenvalue weighted by Crippen LogP contribution is 2.30. The first-order chi connectivity index (χ1) is 10.2. The summed E-state index contributed by atoms with van der Waals surface area (Å²) < 4.78 is 16.3. The van der Waals surface area contributed by atoms with Crippen LogP contribution in [0.5, 0.6) is 5.75 Å². The van der Waals surface area contributed by atoms with Crippen molar-refractivity contribution in [1.82, 2.24) is 5.32 Å². The second-order valence-electron chi connectivity index (χ2n) is 5.29. The number of fused-ring (bicyclic) bond motifs is 1. The van der Waals surface area contributed by atoms with E-state index in [-0.39, 0.29) is 24.7 Å². The number of anilines is 1. The Bertz CT molecular complexity index is 514. The van der Waals surface area contributed by atoms with Crippen LogP contribution in [0.4, 0.5) is 5.69 Å². The Labute approximate surface area is 123 Å². The van der Waals surface area contributed by atoms with E-state index in [0.717, 1.165) is 23.5 Å². The number of amides is 1. The predicted octanol–water partition coefficient (Wildman–Crippen LogP) is 1.08. The first-order valence-corrected chi connectivity index (χ1v) is 7.21. The quantitative estimate of drug-likeness (QED) is 0.869. The minimum atomic E-state index is -0.118. The number of rotatable bonds is 4. The lowest BCUT2D eigenvalue weighted by Crippen LogP contribution is -2.38. The topological polar surface area (TPSA) is 68.8 Å². The third-order valence-corrected chi connectivity index (χ3v) is 3.67. The molecule has 0 radical (unpaired) electrons. The Morgan fingerprint density at radius 2 is 2.33 bits per heavy atom. The fourth-order valence-corrected chi connectivity index (χ4v) is 2.45. The van der Waals surface area contributed by atoms with Crippen LogP contribution >= 0.6 is 0 Å². The molecule has 6 heteroatoms. The average molecular weight is 292 g/mol. The summed E-state index contributed by atoms with van der Waals surface area (Å²) in [5, 5.41) is 6.25. The van der Waals surface area contributed by atoms with E-state index < -0.39 is 0 Å². The van der Waals surface area contributed by atoms with Gasteiger partial charge in [-0.2, -0.15) is 0 Å². The highest BCUT2D eigenvalue weighted by molar-refractivity contribution is 5.95. The van der Waals surface area contributed by atoms with E-state index in [9.17, 15) is 4.79 Å². The number of hydrogen-bond donors (Lipinski definition) is 2. The number of carbonyl (C=O) groups excluding carboxylic acids is 1. The summed E-state index contributed by atoms with van der Waals surface area (Å²) >= 11 is 0. The maximum Gasteiger partial charge on any atom is 0.262 e. The fraction of sp³-hybridized carbons (Fsp3) is 0.533. The molecule has 0 saturated carbocycles. The molecule has 0 spiro atoms. The molecule has 2 atom stereocenters. The van der Waals surface area contributed by atoms with Crippen LogP contribution in [-0.4, -0.2) is 45.0 Å². The molecular formula is C15H20N2O4. The zero-order valence-electron chi connectivity index (χ0n) is 12.1. The van der Waals surface area contributed by atoms with Gasteiger partial charge in [0.05, 0.1) is 31.6 Å². The van der Waals surface area contributed by atoms with Crippen LogP contribution in [0.3, 0.4) is 0 Å². The Hall–Kier alpha value is -1.63. The second kappa shape index (κ2) is 6.43. The van der Waals surface area contributed by atoms with Crippen molar-refractivity contribution < 1.29 is 19.0 Å². The third-order valence-electron chi connectivity index (χ3n) is 3.67. The monoisotopic (exact) mass is 292 g/mol. The van der Waals surface area contributed by atoms with E-state index >= 15 is 0 Å². The Morgan fingerprint density at radius 3 is 3.14 bits per heavy atom. The summed E-state index contributed by atoms with van der Waals surface area (Å²) in [6.07, 6.45) is 0.0989. The van der Waals surface area contributed by atoms with Crippen molar-refractivity contribution in [3.63, 3.8) is 0 Å². The minimum Gasteiger partial charge on any atom is -0.482 e. The van der Waals surface area contributed by atoms with E-state index in [2.05, 4.69) is 17.6 Å². The molecule has 2 unspecified atom stereocenters. The standard InChI is InChI=1S/C15H20N2O4/c1-10(16-7-12-8-19-4-5-20-12)11-2-3-14-13(6-11)17-15(18)9-21-14/h2-3,6,10,12,16H,4-5,7-9H2,1H3,(H,17,18). The summed E-state index contributed by atoms with van der Waals surface area (Å²) in [4.78, 5) is 11.4.